The van der Waals surface area contributed by atoms with E-state index in [0.717, 1.165) is 12.8 Å². The van der Waals surface area contributed by atoms with Crippen molar-refractivity contribution in [1.82, 2.24) is 0 Å². The lowest BCUT2D eigenvalue weighted by Crippen LogP contribution is -2.26. The lowest BCUT2D eigenvalue weighted by Gasteiger charge is -2.25. The Morgan fingerprint density at radius 3 is 2.55 bits per heavy atom. The van der Waals surface area contributed by atoms with E-state index in [2.05, 4.69) is 45.9 Å². The molecule has 0 spiro atoms. The maximum atomic E-state index is 6.37. The zero-order valence-corrected chi connectivity index (χ0v) is 13.7. The first-order valence-corrected chi connectivity index (χ1v) is 8.20. The van der Waals surface area contributed by atoms with Crippen LogP contribution in [0.15, 0.2) is 18.2 Å². The highest BCUT2D eigenvalue weighted by molar-refractivity contribution is 5.35. The first-order chi connectivity index (χ1) is 9.33. The van der Waals surface area contributed by atoms with Crippen molar-refractivity contribution in [2.45, 2.75) is 72.3 Å². The summed E-state index contributed by atoms with van der Waals surface area (Å²) in [7, 11) is 0. The summed E-state index contributed by atoms with van der Waals surface area (Å²) in [5.74, 6) is 0.708. The number of fused-ring (bicyclic) bond motifs is 1. The van der Waals surface area contributed by atoms with Crippen LogP contribution in [-0.2, 0) is 19.3 Å². The molecule has 0 aliphatic heterocycles. The first-order valence-electron chi connectivity index (χ1n) is 8.20. The topological polar surface area (TPSA) is 26.0 Å². The van der Waals surface area contributed by atoms with E-state index >= 15 is 0 Å². The number of rotatable bonds is 5. The zero-order valence-electron chi connectivity index (χ0n) is 13.7. The van der Waals surface area contributed by atoms with Gasteiger partial charge in [0.05, 0.1) is 0 Å². The second kappa shape index (κ2) is 6.30. The average molecular weight is 273 g/mol. The SMILES string of the molecule is CC(CC(N)Cc1ccc2c(c1)CCC2)CC(C)(C)C. The van der Waals surface area contributed by atoms with Gasteiger partial charge in [0.2, 0.25) is 0 Å². The molecule has 0 radical (unpaired) electrons. The van der Waals surface area contributed by atoms with E-state index in [1.165, 1.54) is 31.2 Å². The molecule has 1 aliphatic rings. The third-order valence-corrected chi connectivity index (χ3v) is 4.33. The van der Waals surface area contributed by atoms with Gasteiger partial charge in [0.15, 0.2) is 0 Å². The average Bonchev–Trinajstić information content (AvgIpc) is 2.72. The molecular formula is C19H31N. The zero-order chi connectivity index (χ0) is 14.8. The standard InChI is InChI=1S/C19H31N/c1-14(13-19(2,3)4)10-18(20)12-15-8-9-16-6-5-7-17(16)11-15/h8-9,11,14,18H,5-7,10,12-13,20H2,1-4H3. The third kappa shape index (κ3) is 4.63. The van der Waals surface area contributed by atoms with Crippen LogP contribution in [0.1, 0.15) is 63.6 Å². The van der Waals surface area contributed by atoms with Gasteiger partial charge in [-0.05, 0) is 66.5 Å². The summed E-state index contributed by atoms with van der Waals surface area (Å²) < 4.78 is 0. The van der Waals surface area contributed by atoms with Crippen LogP contribution in [0, 0.1) is 11.3 Å². The Balaban J connectivity index is 1.86. The number of hydrogen-bond acceptors (Lipinski definition) is 1. The number of nitrogens with two attached hydrogens (primary N) is 1. The van der Waals surface area contributed by atoms with Crippen LogP contribution >= 0.6 is 0 Å². The van der Waals surface area contributed by atoms with Crippen molar-refractivity contribution in [1.29, 1.82) is 0 Å². The van der Waals surface area contributed by atoms with Gasteiger partial charge in [-0.3, -0.25) is 0 Å². The molecule has 1 aliphatic carbocycles. The number of aryl methyl sites for hydroxylation is 2. The van der Waals surface area contributed by atoms with Crippen molar-refractivity contribution in [3.63, 3.8) is 0 Å². The maximum absolute atomic E-state index is 6.37. The smallest absolute Gasteiger partial charge is 0.00818 e. The van der Waals surface area contributed by atoms with Crippen molar-refractivity contribution >= 4 is 0 Å². The van der Waals surface area contributed by atoms with E-state index < -0.39 is 0 Å². The molecule has 1 nitrogen and oxygen atoms in total. The molecule has 20 heavy (non-hydrogen) atoms. The van der Waals surface area contributed by atoms with Crippen LogP contribution in [0.25, 0.3) is 0 Å². The molecule has 0 saturated carbocycles. The second-order valence-corrected chi connectivity index (χ2v) is 8.03. The van der Waals surface area contributed by atoms with Crippen molar-refractivity contribution < 1.29 is 0 Å². The van der Waals surface area contributed by atoms with Crippen LogP contribution in [0.4, 0.5) is 0 Å². The minimum Gasteiger partial charge on any atom is -0.327 e. The van der Waals surface area contributed by atoms with E-state index in [-0.39, 0.29) is 0 Å². The molecule has 1 aromatic rings. The fraction of sp³-hybridized carbons (Fsp3) is 0.684. The predicted molar refractivity (Wildman–Crippen MR) is 88.0 cm³/mol. The summed E-state index contributed by atoms with van der Waals surface area (Å²) in [5, 5.41) is 0. The predicted octanol–water partition coefficient (Wildman–Crippen LogP) is 4.51. The Bertz CT molecular complexity index is 442. The Kier molecular flexibility index (Phi) is 4.90. The van der Waals surface area contributed by atoms with Crippen LogP contribution in [-0.4, -0.2) is 6.04 Å². The molecule has 0 saturated heterocycles. The fourth-order valence-electron chi connectivity index (χ4n) is 3.78. The maximum Gasteiger partial charge on any atom is 0.00818 e. The van der Waals surface area contributed by atoms with E-state index in [1.54, 1.807) is 11.1 Å². The summed E-state index contributed by atoms with van der Waals surface area (Å²) in [6.45, 7) is 9.29. The van der Waals surface area contributed by atoms with Crippen molar-refractivity contribution in [2.24, 2.45) is 17.1 Å². The molecule has 1 heteroatoms. The molecule has 0 fully saturated rings. The molecule has 112 valence electrons. The summed E-state index contributed by atoms with van der Waals surface area (Å²) >= 11 is 0. The molecule has 0 amide bonds. The lowest BCUT2D eigenvalue weighted by atomic mass is 9.82. The minimum absolute atomic E-state index is 0.298. The molecule has 2 rings (SSSR count). The first kappa shape index (κ1) is 15.6. The van der Waals surface area contributed by atoms with E-state index in [9.17, 15) is 0 Å². The molecule has 2 unspecified atom stereocenters. The highest BCUT2D eigenvalue weighted by atomic mass is 14.6. The molecule has 0 heterocycles. The second-order valence-electron chi connectivity index (χ2n) is 8.03. The Morgan fingerprint density at radius 2 is 1.85 bits per heavy atom. The normalized spacial score (nSPS) is 17.9. The number of hydrogen-bond donors (Lipinski definition) is 1. The van der Waals surface area contributed by atoms with Gasteiger partial charge < -0.3 is 5.73 Å². The van der Waals surface area contributed by atoms with Gasteiger partial charge in [-0.1, -0.05) is 45.9 Å². The number of benzene rings is 1. The van der Waals surface area contributed by atoms with Crippen LogP contribution in [0.3, 0.4) is 0 Å². The Morgan fingerprint density at radius 1 is 1.15 bits per heavy atom. The van der Waals surface area contributed by atoms with Crippen LogP contribution in [0.5, 0.6) is 0 Å². The monoisotopic (exact) mass is 273 g/mol. The highest BCUT2D eigenvalue weighted by Crippen LogP contribution is 2.27. The van der Waals surface area contributed by atoms with E-state index in [0.29, 0.717) is 17.4 Å². The molecule has 0 bridgehead atoms. The molecule has 0 aromatic heterocycles. The third-order valence-electron chi connectivity index (χ3n) is 4.33. The van der Waals surface area contributed by atoms with Gasteiger partial charge in [-0.15, -0.1) is 0 Å². The summed E-state index contributed by atoms with van der Waals surface area (Å²) in [6, 6.07) is 7.31. The minimum atomic E-state index is 0.298. The van der Waals surface area contributed by atoms with Crippen molar-refractivity contribution in [3.05, 3.63) is 34.9 Å². The van der Waals surface area contributed by atoms with Gasteiger partial charge in [-0.25, -0.2) is 0 Å². The largest absolute Gasteiger partial charge is 0.327 e. The van der Waals surface area contributed by atoms with Crippen LogP contribution < -0.4 is 5.73 Å². The molecular weight excluding hydrogens is 242 g/mol. The van der Waals surface area contributed by atoms with Crippen molar-refractivity contribution in [2.75, 3.05) is 0 Å². The molecule has 1 aromatic carbocycles. The fourth-order valence-corrected chi connectivity index (χ4v) is 3.78. The molecule has 2 atom stereocenters. The summed E-state index contributed by atoms with van der Waals surface area (Å²) in [5.41, 5.74) is 11.3. The summed E-state index contributed by atoms with van der Waals surface area (Å²) in [4.78, 5) is 0. The van der Waals surface area contributed by atoms with Gasteiger partial charge in [-0.2, -0.15) is 0 Å². The molecule has 2 N–H and O–H groups in total. The highest BCUT2D eigenvalue weighted by Gasteiger charge is 2.18. The van der Waals surface area contributed by atoms with E-state index in [4.69, 9.17) is 5.73 Å². The van der Waals surface area contributed by atoms with Crippen LogP contribution in [0.2, 0.25) is 0 Å². The summed E-state index contributed by atoms with van der Waals surface area (Å²) in [6.07, 6.45) is 7.28. The van der Waals surface area contributed by atoms with Gasteiger partial charge in [0, 0.05) is 6.04 Å². The van der Waals surface area contributed by atoms with E-state index in [1.807, 2.05) is 0 Å². The quantitative estimate of drug-likeness (QED) is 0.839. The lowest BCUT2D eigenvalue weighted by molar-refractivity contribution is 0.285. The van der Waals surface area contributed by atoms with Gasteiger partial charge in [0.25, 0.3) is 0 Å². The van der Waals surface area contributed by atoms with Crippen molar-refractivity contribution in [3.8, 4) is 0 Å². The Labute approximate surface area is 125 Å². The Hall–Kier alpha value is -0.820. The van der Waals surface area contributed by atoms with Gasteiger partial charge in [0.1, 0.15) is 0 Å². The van der Waals surface area contributed by atoms with Gasteiger partial charge >= 0.3 is 0 Å².